The average molecular weight is 300 g/mol. The maximum atomic E-state index is 13.1. The molecular formula is C18H21FN2O. The number of hydrogen-bond acceptors (Lipinski definition) is 2. The van der Waals surface area contributed by atoms with Gasteiger partial charge in [0.05, 0.1) is 6.42 Å². The van der Waals surface area contributed by atoms with Crippen molar-refractivity contribution in [3.8, 4) is 0 Å². The normalized spacial score (nSPS) is 11.9. The molecule has 22 heavy (non-hydrogen) atoms. The minimum Gasteiger partial charge on any atom is -0.399 e. The molecule has 2 aromatic rings. The van der Waals surface area contributed by atoms with E-state index >= 15 is 0 Å². The van der Waals surface area contributed by atoms with Gasteiger partial charge in [-0.2, -0.15) is 0 Å². The average Bonchev–Trinajstić information content (AvgIpc) is 2.47. The lowest BCUT2D eigenvalue weighted by molar-refractivity contribution is -0.121. The predicted octanol–water partition coefficient (Wildman–Crippen LogP) is 3.09. The molecule has 0 radical (unpaired) electrons. The number of nitrogen functional groups attached to an aromatic ring is 1. The van der Waals surface area contributed by atoms with E-state index in [2.05, 4.69) is 5.32 Å². The van der Waals surface area contributed by atoms with Crippen molar-refractivity contribution in [2.45, 2.75) is 32.2 Å². The maximum absolute atomic E-state index is 13.1. The highest BCUT2D eigenvalue weighted by atomic mass is 19.1. The minimum atomic E-state index is -0.225. The smallest absolute Gasteiger partial charge is 0.224 e. The Morgan fingerprint density at radius 3 is 2.59 bits per heavy atom. The van der Waals surface area contributed by atoms with Crippen LogP contribution in [-0.2, 0) is 17.6 Å². The first kappa shape index (κ1) is 16.0. The summed E-state index contributed by atoms with van der Waals surface area (Å²) in [6.07, 6.45) is 1.85. The van der Waals surface area contributed by atoms with E-state index in [-0.39, 0.29) is 17.8 Å². The predicted molar refractivity (Wildman–Crippen MR) is 86.9 cm³/mol. The summed E-state index contributed by atoms with van der Waals surface area (Å²) in [6, 6.07) is 13.9. The van der Waals surface area contributed by atoms with E-state index in [1.807, 2.05) is 25.1 Å². The molecular weight excluding hydrogens is 279 g/mol. The third-order valence-electron chi connectivity index (χ3n) is 3.51. The molecule has 0 saturated heterocycles. The highest BCUT2D eigenvalue weighted by Gasteiger charge is 2.08. The van der Waals surface area contributed by atoms with Gasteiger partial charge in [-0.1, -0.05) is 24.3 Å². The Balaban J connectivity index is 1.77. The Bertz CT molecular complexity index is 625. The molecule has 3 nitrogen and oxygen atoms in total. The quantitative estimate of drug-likeness (QED) is 0.806. The maximum Gasteiger partial charge on any atom is 0.224 e. The van der Waals surface area contributed by atoms with Gasteiger partial charge in [0, 0.05) is 11.7 Å². The van der Waals surface area contributed by atoms with Crippen LogP contribution in [0.5, 0.6) is 0 Å². The number of anilines is 1. The van der Waals surface area contributed by atoms with Gasteiger partial charge in [-0.25, -0.2) is 4.39 Å². The van der Waals surface area contributed by atoms with Crippen LogP contribution in [0.3, 0.4) is 0 Å². The van der Waals surface area contributed by atoms with Gasteiger partial charge in [0.25, 0.3) is 0 Å². The zero-order chi connectivity index (χ0) is 15.9. The zero-order valence-electron chi connectivity index (χ0n) is 12.7. The molecule has 0 unspecified atom stereocenters. The molecule has 0 aromatic heterocycles. The molecule has 2 rings (SSSR count). The van der Waals surface area contributed by atoms with Crippen LogP contribution in [0, 0.1) is 5.82 Å². The summed E-state index contributed by atoms with van der Waals surface area (Å²) in [6.45, 7) is 1.96. The number of rotatable bonds is 6. The molecule has 0 heterocycles. The number of aryl methyl sites for hydroxylation is 1. The third kappa shape index (κ3) is 5.20. The monoisotopic (exact) mass is 300 g/mol. The lowest BCUT2D eigenvalue weighted by Gasteiger charge is -2.14. The Kier molecular flexibility index (Phi) is 5.53. The molecule has 1 amide bonds. The fraction of sp³-hybridized carbons (Fsp3) is 0.278. The van der Waals surface area contributed by atoms with Gasteiger partial charge in [-0.3, -0.25) is 4.79 Å². The first-order valence-corrected chi connectivity index (χ1v) is 7.41. The van der Waals surface area contributed by atoms with Gasteiger partial charge in [0.15, 0.2) is 0 Å². The molecule has 0 saturated carbocycles. The Hall–Kier alpha value is -2.36. The Morgan fingerprint density at radius 2 is 1.91 bits per heavy atom. The SMILES string of the molecule is C[C@H](CCc1cccc(F)c1)NC(=O)Cc1ccc(N)cc1. The molecule has 2 aromatic carbocycles. The molecule has 3 N–H and O–H groups in total. The first-order valence-electron chi connectivity index (χ1n) is 7.41. The summed E-state index contributed by atoms with van der Waals surface area (Å²) in [5, 5.41) is 2.96. The van der Waals surface area contributed by atoms with Crippen molar-refractivity contribution < 1.29 is 9.18 Å². The fourth-order valence-electron chi connectivity index (χ4n) is 2.29. The summed E-state index contributed by atoms with van der Waals surface area (Å²) >= 11 is 0. The second-order valence-corrected chi connectivity index (χ2v) is 5.56. The van der Waals surface area contributed by atoms with Crippen molar-refractivity contribution in [2.24, 2.45) is 0 Å². The molecule has 4 heteroatoms. The summed E-state index contributed by atoms with van der Waals surface area (Å²) in [7, 11) is 0. The molecule has 0 aliphatic rings. The van der Waals surface area contributed by atoms with Crippen LogP contribution in [0.1, 0.15) is 24.5 Å². The number of nitrogens with one attached hydrogen (secondary N) is 1. The summed E-state index contributed by atoms with van der Waals surface area (Å²) < 4.78 is 13.1. The lowest BCUT2D eigenvalue weighted by atomic mass is 10.1. The van der Waals surface area contributed by atoms with Gasteiger partial charge < -0.3 is 11.1 Å². The van der Waals surface area contributed by atoms with Crippen LogP contribution in [0.25, 0.3) is 0 Å². The first-order chi connectivity index (χ1) is 10.5. The minimum absolute atomic E-state index is 0.0171. The van der Waals surface area contributed by atoms with Gasteiger partial charge in [-0.15, -0.1) is 0 Å². The number of halogens is 1. The van der Waals surface area contributed by atoms with E-state index in [1.165, 1.54) is 12.1 Å². The van der Waals surface area contributed by atoms with Crippen molar-refractivity contribution in [1.29, 1.82) is 0 Å². The van der Waals surface area contributed by atoms with Gasteiger partial charge in [0.2, 0.25) is 5.91 Å². The Labute approximate surface area is 130 Å². The molecule has 1 atom stereocenters. The second-order valence-electron chi connectivity index (χ2n) is 5.56. The van der Waals surface area contributed by atoms with Gasteiger partial charge >= 0.3 is 0 Å². The second kappa shape index (κ2) is 7.59. The van der Waals surface area contributed by atoms with Crippen molar-refractivity contribution in [3.63, 3.8) is 0 Å². The van der Waals surface area contributed by atoms with Crippen molar-refractivity contribution in [2.75, 3.05) is 5.73 Å². The van der Waals surface area contributed by atoms with E-state index in [9.17, 15) is 9.18 Å². The highest BCUT2D eigenvalue weighted by Crippen LogP contribution is 2.09. The lowest BCUT2D eigenvalue weighted by Crippen LogP contribution is -2.34. The number of nitrogens with two attached hydrogens (primary N) is 1. The number of hydrogen-bond donors (Lipinski definition) is 2. The number of amides is 1. The van der Waals surface area contributed by atoms with E-state index < -0.39 is 0 Å². The van der Waals surface area contributed by atoms with Gasteiger partial charge in [-0.05, 0) is 55.2 Å². The number of carbonyl (C=O) groups is 1. The van der Waals surface area contributed by atoms with E-state index in [4.69, 9.17) is 5.73 Å². The van der Waals surface area contributed by atoms with Crippen LogP contribution >= 0.6 is 0 Å². The summed E-state index contributed by atoms with van der Waals surface area (Å²) in [5.41, 5.74) is 8.18. The summed E-state index contributed by atoms with van der Waals surface area (Å²) in [5.74, 6) is -0.242. The molecule has 0 spiro atoms. The molecule has 0 aliphatic heterocycles. The zero-order valence-corrected chi connectivity index (χ0v) is 12.7. The Morgan fingerprint density at radius 1 is 1.18 bits per heavy atom. The van der Waals surface area contributed by atoms with Crippen molar-refractivity contribution in [3.05, 3.63) is 65.5 Å². The molecule has 0 bridgehead atoms. The number of benzene rings is 2. The third-order valence-corrected chi connectivity index (χ3v) is 3.51. The molecule has 0 aliphatic carbocycles. The largest absolute Gasteiger partial charge is 0.399 e. The van der Waals surface area contributed by atoms with Crippen LogP contribution in [0.2, 0.25) is 0 Å². The standard InChI is InChI=1S/C18H21FN2O/c1-13(5-6-14-3-2-4-16(19)11-14)21-18(22)12-15-7-9-17(20)10-8-15/h2-4,7-11,13H,5-6,12,20H2,1H3,(H,21,22)/t13-/m1/s1. The summed E-state index contributed by atoms with van der Waals surface area (Å²) in [4.78, 5) is 12.0. The van der Waals surface area contributed by atoms with Crippen LogP contribution in [0.15, 0.2) is 48.5 Å². The molecule has 116 valence electrons. The molecule has 0 fully saturated rings. The van der Waals surface area contributed by atoms with E-state index in [1.54, 1.807) is 18.2 Å². The van der Waals surface area contributed by atoms with Crippen LogP contribution in [0.4, 0.5) is 10.1 Å². The fourth-order valence-corrected chi connectivity index (χ4v) is 2.29. The van der Waals surface area contributed by atoms with E-state index in [0.29, 0.717) is 12.1 Å². The van der Waals surface area contributed by atoms with Crippen LogP contribution in [-0.4, -0.2) is 11.9 Å². The van der Waals surface area contributed by atoms with Crippen LogP contribution < -0.4 is 11.1 Å². The van der Waals surface area contributed by atoms with Gasteiger partial charge in [0.1, 0.15) is 5.82 Å². The topological polar surface area (TPSA) is 55.1 Å². The highest BCUT2D eigenvalue weighted by molar-refractivity contribution is 5.78. The van der Waals surface area contributed by atoms with E-state index in [0.717, 1.165) is 24.0 Å². The number of carbonyl (C=O) groups excluding carboxylic acids is 1. The van der Waals surface area contributed by atoms with Crippen molar-refractivity contribution in [1.82, 2.24) is 5.32 Å². The van der Waals surface area contributed by atoms with Crippen molar-refractivity contribution >= 4 is 11.6 Å².